The molecule has 0 aromatic rings. The molecule has 0 saturated heterocycles. The van der Waals surface area contributed by atoms with Gasteiger partial charge in [0.25, 0.3) is 0 Å². The maximum absolute atomic E-state index is 11.9. The van der Waals surface area contributed by atoms with Gasteiger partial charge in [-0.2, -0.15) is 0 Å². The summed E-state index contributed by atoms with van der Waals surface area (Å²) < 4.78 is 0. The fourth-order valence-electron chi connectivity index (χ4n) is 1.49. The fraction of sp³-hybridized carbons (Fsp3) is 0.833. The first-order valence-corrected chi connectivity index (χ1v) is 6.35. The number of aliphatic hydroxyl groups is 1. The summed E-state index contributed by atoms with van der Waals surface area (Å²) in [6.45, 7) is 6.80. The maximum atomic E-state index is 11.9. The minimum absolute atomic E-state index is 0.0158. The third-order valence-electron chi connectivity index (χ3n) is 2.91. The summed E-state index contributed by atoms with van der Waals surface area (Å²) in [7, 11) is 0. The van der Waals surface area contributed by atoms with Crippen LogP contribution < -0.4 is 5.32 Å². The SMILES string of the molecule is CCC(C)CN(CC)C(=O)N[C@H](CCO)C(=O)O. The van der Waals surface area contributed by atoms with E-state index in [1.54, 1.807) is 4.90 Å². The van der Waals surface area contributed by atoms with Crippen LogP contribution in [0.3, 0.4) is 0 Å². The van der Waals surface area contributed by atoms with Crippen molar-refractivity contribution in [3.8, 4) is 0 Å². The highest BCUT2D eigenvalue weighted by molar-refractivity contribution is 5.82. The van der Waals surface area contributed by atoms with Gasteiger partial charge in [-0.15, -0.1) is 0 Å². The van der Waals surface area contributed by atoms with Crippen LogP contribution in [0.1, 0.15) is 33.6 Å². The summed E-state index contributed by atoms with van der Waals surface area (Å²) in [5, 5.41) is 20.1. The lowest BCUT2D eigenvalue weighted by Crippen LogP contribution is -2.49. The van der Waals surface area contributed by atoms with Gasteiger partial charge in [0.1, 0.15) is 6.04 Å². The Morgan fingerprint density at radius 2 is 1.94 bits per heavy atom. The molecule has 0 aliphatic carbocycles. The van der Waals surface area contributed by atoms with Gasteiger partial charge in [0.15, 0.2) is 0 Å². The van der Waals surface area contributed by atoms with Gasteiger partial charge >= 0.3 is 12.0 Å². The molecule has 2 amide bonds. The molecule has 0 radical (unpaired) electrons. The van der Waals surface area contributed by atoms with Crippen molar-refractivity contribution in [3.63, 3.8) is 0 Å². The van der Waals surface area contributed by atoms with E-state index in [1.807, 2.05) is 20.8 Å². The lowest BCUT2D eigenvalue weighted by atomic mass is 10.1. The molecular formula is C12H24N2O4. The topological polar surface area (TPSA) is 89.9 Å². The average molecular weight is 260 g/mol. The van der Waals surface area contributed by atoms with Crippen molar-refractivity contribution in [2.45, 2.75) is 39.7 Å². The molecule has 0 heterocycles. The van der Waals surface area contributed by atoms with E-state index < -0.39 is 18.0 Å². The van der Waals surface area contributed by atoms with Crippen LogP contribution in [0.15, 0.2) is 0 Å². The number of aliphatic hydroxyl groups excluding tert-OH is 1. The molecule has 1 unspecified atom stereocenters. The van der Waals surface area contributed by atoms with Crippen molar-refractivity contribution in [1.82, 2.24) is 10.2 Å². The quantitative estimate of drug-likeness (QED) is 0.605. The summed E-state index contributed by atoms with van der Waals surface area (Å²) in [5.41, 5.74) is 0. The Morgan fingerprint density at radius 1 is 1.33 bits per heavy atom. The van der Waals surface area contributed by atoms with Gasteiger partial charge in [-0.1, -0.05) is 20.3 Å². The molecule has 0 aliphatic rings. The van der Waals surface area contributed by atoms with Crippen molar-refractivity contribution < 1.29 is 19.8 Å². The minimum atomic E-state index is -1.13. The van der Waals surface area contributed by atoms with E-state index in [0.717, 1.165) is 6.42 Å². The van der Waals surface area contributed by atoms with Crippen LogP contribution in [0.4, 0.5) is 4.79 Å². The largest absolute Gasteiger partial charge is 0.480 e. The number of carbonyl (C=O) groups excluding carboxylic acids is 1. The first-order chi connectivity index (χ1) is 8.46. The first kappa shape index (κ1) is 16.7. The Bertz CT molecular complexity index is 271. The van der Waals surface area contributed by atoms with Gasteiger partial charge in [0, 0.05) is 26.1 Å². The molecule has 2 atom stereocenters. The van der Waals surface area contributed by atoms with E-state index in [1.165, 1.54) is 0 Å². The number of amides is 2. The predicted molar refractivity (Wildman–Crippen MR) is 68.4 cm³/mol. The number of carboxylic acid groups (broad SMARTS) is 1. The maximum Gasteiger partial charge on any atom is 0.326 e. The molecule has 6 nitrogen and oxygen atoms in total. The van der Waals surface area contributed by atoms with Gasteiger partial charge in [-0.25, -0.2) is 9.59 Å². The van der Waals surface area contributed by atoms with E-state index in [-0.39, 0.29) is 13.0 Å². The second kappa shape index (κ2) is 8.74. The number of nitrogens with zero attached hydrogens (tertiary/aromatic N) is 1. The van der Waals surface area contributed by atoms with Gasteiger partial charge in [0.05, 0.1) is 0 Å². The Labute approximate surface area is 108 Å². The van der Waals surface area contributed by atoms with E-state index in [9.17, 15) is 9.59 Å². The van der Waals surface area contributed by atoms with E-state index in [0.29, 0.717) is 19.0 Å². The molecule has 0 aromatic heterocycles. The Morgan fingerprint density at radius 3 is 2.33 bits per heavy atom. The molecule has 0 aromatic carbocycles. The van der Waals surface area contributed by atoms with Crippen LogP contribution in [0.2, 0.25) is 0 Å². The zero-order chi connectivity index (χ0) is 14.1. The minimum Gasteiger partial charge on any atom is -0.480 e. The van der Waals surface area contributed by atoms with Crippen molar-refractivity contribution in [2.75, 3.05) is 19.7 Å². The zero-order valence-electron chi connectivity index (χ0n) is 11.3. The standard InChI is InChI=1S/C12H24N2O4/c1-4-9(3)8-14(5-2)12(18)13-10(6-7-15)11(16)17/h9-10,15H,4-8H2,1-3H3,(H,13,18)(H,16,17)/t9?,10-/m1/s1. The number of nitrogens with one attached hydrogen (secondary N) is 1. The van der Waals surface area contributed by atoms with Crippen LogP contribution >= 0.6 is 0 Å². The van der Waals surface area contributed by atoms with Gasteiger partial charge in [-0.05, 0) is 12.8 Å². The molecule has 0 bridgehead atoms. The highest BCUT2D eigenvalue weighted by Gasteiger charge is 2.22. The monoisotopic (exact) mass is 260 g/mol. The smallest absolute Gasteiger partial charge is 0.326 e. The third kappa shape index (κ3) is 5.86. The molecule has 0 rings (SSSR count). The normalized spacial score (nSPS) is 13.8. The van der Waals surface area contributed by atoms with Crippen LogP contribution in [-0.2, 0) is 4.79 Å². The summed E-state index contributed by atoms with van der Waals surface area (Å²) in [6.07, 6.45) is 0.977. The highest BCUT2D eigenvalue weighted by Crippen LogP contribution is 2.05. The number of carbonyl (C=O) groups is 2. The molecule has 0 saturated carbocycles. The fourth-order valence-corrected chi connectivity index (χ4v) is 1.49. The van der Waals surface area contributed by atoms with Crippen molar-refractivity contribution >= 4 is 12.0 Å². The Kier molecular flexibility index (Phi) is 8.11. The number of hydrogen-bond acceptors (Lipinski definition) is 3. The number of hydrogen-bond donors (Lipinski definition) is 3. The van der Waals surface area contributed by atoms with Crippen LogP contribution in [0.25, 0.3) is 0 Å². The van der Waals surface area contributed by atoms with E-state index in [2.05, 4.69) is 5.32 Å². The summed E-state index contributed by atoms with van der Waals surface area (Å²) in [6, 6.07) is -1.42. The van der Waals surface area contributed by atoms with Crippen molar-refractivity contribution in [3.05, 3.63) is 0 Å². The number of rotatable bonds is 8. The molecule has 0 aliphatic heterocycles. The Hall–Kier alpha value is -1.30. The predicted octanol–water partition coefficient (Wildman–Crippen LogP) is 0.900. The second-order valence-electron chi connectivity index (χ2n) is 4.40. The molecule has 18 heavy (non-hydrogen) atoms. The van der Waals surface area contributed by atoms with Crippen molar-refractivity contribution in [1.29, 1.82) is 0 Å². The highest BCUT2D eigenvalue weighted by atomic mass is 16.4. The number of carboxylic acids is 1. The molecule has 6 heteroatoms. The van der Waals surface area contributed by atoms with Crippen LogP contribution in [-0.4, -0.2) is 52.9 Å². The van der Waals surface area contributed by atoms with Crippen molar-refractivity contribution in [2.24, 2.45) is 5.92 Å². The van der Waals surface area contributed by atoms with Gasteiger partial charge in [0.2, 0.25) is 0 Å². The second-order valence-corrected chi connectivity index (χ2v) is 4.40. The summed E-state index contributed by atoms with van der Waals surface area (Å²) in [5.74, 6) is -0.756. The average Bonchev–Trinajstić information content (AvgIpc) is 2.34. The third-order valence-corrected chi connectivity index (χ3v) is 2.91. The molecule has 3 N–H and O–H groups in total. The molecule has 0 spiro atoms. The van der Waals surface area contributed by atoms with Crippen LogP contribution in [0, 0.1) is 5.92 Å². The molecule has 0 fully saturated rings. The van der Waals surface area contributed by atoms with Crippen LogP contribution in [0.5, 0.6) is 0 Å². The van der Waals surface area contributed by atoms with Gasteiger partial charge in [-0.3, -0.25) is 0 Å². The molecule has 106 valence electrons. The zero-order valence-corrected chi connectivity index (χ0v) is 11.3. The Balaban J connectivity index is 4.44. The summed E-state index contributed by atoms with van der Waals surface area (Å²) >= 11 is 0. The lowest BCUT2D eigenvalue weighted by molar-refractivity contribution is -0.139. The summed E-state index contributed by atoms with van der Waals surface area (Å²) in [4.78, 5) is 24.3. The van der Waals surface area contributed by atoms with E-state index >= 15 is 0 Å². The number of aliphatic carboxylic acids is 1. The van der Waals surface area contributed by atoms with E-state index in [4.69, 9.17) is 10.2 Å². The first-order valence-electron chi connectivity index (χ1n) is 6.35. The number of urea groups is 1. The molecular weight excluding hydrogens is 236 g/mol. The van der Waals surface area contributed by atoms with Gasteiger partial charge < -0.3 is 20.4 Å². The lowest BCUT2D eigenvalue weighted by Gasteiger charge is -2.26.